The zero-order valence-corrected chi connectivity index (χ0v) is 10.5. The molecule has 1 heterocycles. The lowest BCUT2D eigenvalue weighted by Gasteiger charge is -2.28. The summed E-state index contributed by atoms with van der Waals surface area (Å²) in [6.07, 6.45) is 1.74. The lowest BCUT2D eigenvalue weighted by molar-refractivity contribution is -0.148. The highest BCUT2D eigenvalue weighted by Gasteiger charge is 2.73. The first-order valence-corrected chi connectivity index (χ1v) is 6.44. The van der Waals surface area contributed by atoms with Gasteiger partial charge in [-0.05, 0) is 24.2 Å². The Labute approximate surface area is 105 Å². The Balaban J connectivity index is 1.82. The van der Waals surface area contributed by atoms with E-state index in [-0.39, 0.29) is 41.4 Å². The normalized spacial score (nSPS) is 34.4. The fourth-order valence-corrected chi connectivity index (χ4v) is 3.42. The number of amides is 2. The van der Waals surface area contributed by atoms with Gasteiger partial charge in [0.15, 0.2) is 0 Å². The van der Waals surface area contributed by atoms with Gasteiger partial charge in [-0.15, -0.1) is 0 Å². The summed E-state index contributed by atoms with van der Waals surface area (Å²) in [6, 6.07) is -0.411. The maximum atomic E-state index is 12.2. The number of imide groups is 1. The number of nitrogens with zero attached hydrogens (tertiary/aromatic N) is 1. The quantitative estimate of drug-likeness (QED) is 0.753. The van der Waals surface area contributed by atoms with Crippen LogP contribution in [0.25, 0.3) is 0 Å². The second-order valence-electron chi connectivity index (χ2n) is 6.33. The molecular weight excluding hydrogens is 234 g/mol. The highest BCUT2D eigenvalue weighted by molar-refractivity contribution is 6.10. The van der Waals surface area contributed by atoms with Gasteiger partial charge in [0, 0.05) is 0 Å². The average Bonchev–Trinajstić information content (AvgIpc) is 3.09. The molecule has 3 fully saturated rings. The molecule has 18 heavy (non-hydrogen) atoms. The molecule has 3 atom stereocenters. The zero-order chi connectivity index (χ0) is 13.2. The van der Waals surface area contributed by atoms with Crippen LogP contribution in [0.3, 0.4) is 0 Å². The van der Waals surface area contributed by atoms with E-state index in [0.29, 0.717) is 0 Å². The number of fused-ring (bicyclic) bond motifs is 1. The summed E-state index contributed by atoms with van der Waals surface area (Å²) in [6.45, 7) is 3.86. The van der Waals surface area contributed by atoms with E-state index in [4.69, 9.17) is 5.11 Å². The minimum atomic E-state index is -0.938. The van der Waals surface area contributed by atoms with Gasteiger partial charge in [-0.2, -0.15) is 0 Å². The maximum absolute atomic E-state index is 12.2. The molecule has 0 aromatic heterocycles. The van der Waals surface area contributed by atoms with Crippen molar-refractivity contribution < 1.29 is 19.5 Å². The van der Waals surface area contributed by atoms with Gasteiger partial charge in [0.25, 0.3) is 0 Å². The number of carbonyl (C=O) groups excluding carboxylic acids is 2. The molecule has 98 valence electrons. The molecule has 2 aliphatic carbocycles. The van der Waals surface area contributed by atoms with E-state index in [1.54, 1.807) is 0 Å². The lowest BCUT2D eigenvalue weighted by atomic mass is 10.0. The molecular formula is C13H17NO4. The van der Waals surface area contributed by atoms with Crippen LogP contribution in [0.5, 0.6) is 0 Å². The average molecular weight is 251 g/mol. The smallest absolute Gasteiger partial charge is 0.305 e. The molecule has 5 heteroatoms. The molecule has 1 aliphatic heterocycles. The fraction of sp³-hybridized carbons (Fsp3) is 0.769. The number of piperidine rings is 1. The van der Waals surface area contributed by atoms with Crippen LogP contribution in [0.1, 0.15) is 33.1 Å². The van der Waals surface area contributed by atoms with E-state index in [9.17, 15) is 14.4 Å². The first-order valence-electron chi connectivity index (χ1n) is 6.44. The van der Waals surface area contributed by atoms with Gasteiger partial charge in [-0.25, -0.2) is 0 Å². The number of rotatable bonds is 4. The standard InChI is InChI=1S/C13H17NO4/c1-13(2)9-10(13)12(18)14(11(9)17)7(5-8(15)16)6-3-4-6/h6-7,9-10H,3-5H2,1-2H3,(H,15,16). The van der Waals surface area contributed by atoms with Gasteiger partial charge in [0.1, 0.15) is 0 Å². The predicted octanol–water partition coefficient (Wildman–Crippen LogP) is 0.881. The Bertz CT molecular complexity index is 428. The van der Waals surface area contributed by atoms with Gasteiger partial charge in [-0.1, -0.05) is 13.8 Å². The monoisotopic (exact) mass is 251 g/mol. The Morgan fingerprint density at radius 1 is 1.33 bits per heavy atom. The minimum Gasteiger partial charge on any atom is -0.481 e. The largest absolute Gasteiger partial charge is 0.481 e. The van der Waals surface area contributed by atoms with E-state index < -0.39 is 12.0 Å². The van der Waals surface area contributed by atoms with Gasteiger partial charge in [0.05, 0.1) is 24.3 Å². The van der Waals surface area contributed by atoms with Crippen LogP contribution in [-0.4, -0.2) is 33.8 Å². The summed E-state index contributed by atoms with van der Waals surface area (Å²) in [5.41, 5.74) is -0.220. The number of likely N-dealkylation sites (tertiary alicyclic amines) is 1. The summed E-state index contributed by atoms with van der Waals surface area (Å²) < 4.78 is 0. The fourth-order valence-electron chi connectivity index (χ4n) is 3.42. The first-order chi connectivity index (χ1) is 8.35. The van der Waals surface area contributed by atoms with Crippen LogP contribution in [-0.2, 0) is 14.4 Å². The predicted molar refractivity (Wildman–Crippen MR) is 61.4 cm³/mol. The van der Waals surface area contributed by atoms with Crippen LogP contribution < -0.4 is 0 Å². The molecule has 3 rings (SSSR count). The van der Waals surface area contributed by atoms with Crippen molar-refractivity contribution in [3.63, 3.8) is 0 Å². The second-order valence-corrected chi connectivity index (χ2v) is 6.33. The Morgan fingerprint density at radius 2 is 1.83 bits per heavy atom. The Kier molecular flexibility index (Phi) is 2.17. The van der Waals surface area contributed by atoms with Crippen molar-refractivity contribution in [3.05, 3.63) is 0 Å². The molecule has 2 saturated carbocycles. The van der Waals surface area contributed by atoms with Crippen molar-refractivity contribution in [1.29, 1.82) is 0 Å². The van der Waals surface area contributed by atoms with E-state index in [1.807, 2.05) is 13.8 Å². The molecule has 0 bridgehead atoms. The maximum Gasteiger partial charge on any atom is 0.305 e. The number of aliphatic carboxylic acids is 1. The summed E-state index contributed by atoms with van der Waals surface area (Å²) in [5.74, 6) is -1.44. The van der Waals surface area contributed by atoms with Crippen LogP contribution in [0.15, 0.2) is 0 Å². The third-order valence-corrected chi connectivity index (χ3v) is 4.72. The van der Waals surface area contributed by atoms with Gasteiger partial charge in [-0.3, -0.25) is 19.3 Å². The Hall–Kier alpha value is -1.39. The molecule has 0 radical (unpaired) electrons. The molecule has 2 amide bonds. The number of carboxylic acid groups (broad SMARTS) is 1. The molecule has 1 N–H and O–H groups in total. The summed E-state index contributed by atoms with van der Waals surface area (Å²) in [4.78, 5) is 36.6. The van der Waals surface area contributed by atoms with Crippen molar-refractivity contribution >= 4 is 17.8 Å². The van der Waals surface area contributed by atoms with Crippen molar-refractivity contribution in [1.82, 2.24) is 4.90 Å². The van der Waals surface area contributed by atoms with Crippen molar-refractivity contribution in [2.75, 3.05) is 0 Å². The third-order valence-electron chi connectivity index (χ3n) is 4.72. The topological polar surface area (TPSA) is 74.7 Å². The summed E-state index contributed by atoms with van der Waals surface area (Å²) >= 11 is 0. The van der Waals surface area contributed by atoms with Gasteiger partial charge < -0.3 is 5.11 Å². The molecule has 0 spiro atoms. The number of hydrogen-bond donors (Lipinski definition) is 1. The number of carbonyl (C=O) groups is 3. The molecule has 1 saturated heterocycles. The van der Waals surface area contributed by atoms with Gasteiger partial charge >= 0.3 is 5.97 Å². The Morgan fingerprint density at radius 3 is 2.22 bits per heavy atom. The van der Waals surface area contributed by atoms with Crippen LogP contribution >= 0.6 is 0 Å². The van der Waals surface area contributed by atoms with E-state index in [0.717, 1.165) is 12.8 Å². The number of carboxylic acids is 1. The van der Waals surface area contributed by atoms with Crippen LogP contribution in [0.4, 0.5) is 0 Å². The zero-order valence-electron chi connectivity index (χ0n) is 10.5. The van der Waals surface area contributed by atoms with Gasteiger partial charge in [0.2, 0.25) is 11.8 Å². The lowest BCUT2D eigenvalue weighted by Crippen LogP contribution is -2.46. The minimum absolute atomic E-state index is 0.109. The van der Waals surface area contributed by atoms with Crippen molar-refractivity contribution in [2.45, 2.75) is 39.2 Å². The molecule has 3 aliphatic rings. The van der Waals surface area contributed by atoms with Crippen molar-refractivity contribution in [3.8, 4) is 0 Å². The summed E-state index contributed by atoms with van der Waals surface area (Å²) in [7, 11) is 0. The SMILES string of the molecule is CC1(C)C2C(=O)N(C(CC(=O)O)C3CC3)C(=O)C21. The van der Waals surface area contributed by atoms with E-state index in [1.165, 1.54) is 4.90 Å². The number of hydrogen-bond acceptors (Lipinski definition) is 3. The second kappa shape index (κ2) is 3.33. The van der Waals surface area contributed by atoms with E-state index >= 15 is 0 Å². The molecule has 3 unspecified atom stereocenters. The highest BCUT2D eigenvalue weighted by atomic mass is 16.4. The third kappa shape index (κ3) is 1.42. The highest BCUT2D eigenvalue weighted by Crippen LogP contribution is 2.64. The first kappa shape index (κ1) is 11.7. The van der Waals surface area contributed by atoms with Crippen LogP contribution in [0.2, 0.25) is 0 Å². The molecule has 0 aromatic carbocycles. The van der Waals surface area contributed by atoms with Crippen molar-refractivity contribution in [2.24, 2.45) is 23.2 Å². The molecule has 5 nitrogen and oxygen atoms in total. The van der Waals surface area contributed by atoms with E-state index in [2.05, 4.69) is 0 Å². The van der Waals surface area contributed by atoms with Crippen LogP contribution in [0, 0.1) is 23.2 Å². The molecule has 0 aromatic rings. The summed E-state index contributed by atoms with van der Waals surface area (Å²) in [5, 5.41) is 8.92.